The average Bonchev–Trinajstić information content (AvgIpc) is 2.37. The maximum absolute atomic E-state index is 11.7. The number of hydrogen-bond acceptors (Lipinski definition) is 6. The summed E-state index contributed by atoms with van der Waals surface area (Å²) in [6, 6.07) is 4.24. The number of nitro groups is 1. The molecule has 2 rings (SSSR count). The molecule has 1 aromatic rings. The Bertz CT molecular complexity index is 570. The Kier molecular flexibility index (Phi) is 4.02. The molecule has 0 aromatic heterocycles. The standard InChI is InChI=1S/C14H18N2O5/c1-4-5-13(17)21-15-9-14(2,3)20-12-7-6-10(16(18)19)8-11(12)15/h6-8H,4-5,9H2,1-3H3. The third-order valence-corrected chi connectivity index (χ3v) is 3.00. The summed E-state index contributed by atoms with van der Waals surface area (Å²) >= 11 is 0. The van der Waals surface area contributed by atoms with E-state index < -0.39 is 10.5 Å². The second-order valence-corrected chi connectivity index (χ2v) is 5.52. The van der Waals surface area contributed by atoms with Crippen LogP contribution in [0.15, 0.2) is 18.2 Å². The molecule has 7 heteroatoms. The van der Waals surface area contributed by atoms with Crippen molar-refractivity contribution in [3.05, 3.63) is 28.3 Å². The summed E-state index contributed by atoms with van der Waals surface area (Å²) < 4.78 is 5.77. The molecule has 0 amide bonds. The number of fused-ring (bicyclic) bond motifs is 1. The first-order valence-electron chi connectivity index (χ1n) is 6.78. The molecular weight excluding hydrogens is 276 g/mol. The molecule has 0 radical (unpaired) electrons. The summed E-state index contributed by atoms with van der Waals surface area (Å²) in [7, 11) is 0. The van der Waals surface area contributed by atoms with E-state index in [0.717, 1.165) is 0 Å². The Morgan fingerprint density at radius 3 is 2.86 bits per heavy atom. The Hall–Kier alpha value is -2.31. The van der Waals surface area contributed by atoms with Crippen LogP contribution in [0.3, 0.4) is 0 Å². The highest BCUT2D eigenvalue weighted by Gasteiger charge is 2.35. The van der Waals surface area contributed by atoms with E-state index >= 15 is 0 Å². The normalized spacial score (nSPS) is 15.9. The predicted molar refractivity (Wildman–Crippen MR) is 76.1 cm³/mol. The molecule has 1 heterocycles. The second-order valence-electron chi connectivity index (χ2n) is 5.52. The number of non-ortho nitro benzene ring substituents is 1. The molecule has 0 atom stereocenters. The number of benzene rings is 1. The third-order valence-electron chi connectivity index (χ3n) is 3.00. The van der Waals surface area contributed by atoms with Gasteiger partial charge in [-0.15, -0.1) is 0 Å². The van der Waals surface area contributed by atoms with Crippen LogP contribution in [0.4, 0.5) is 11.4 Å². The van der Waals surface area contributed by atoms with Gasteiger partial charge >= 0.3 is 5.97 Å². The molecule has 0 N–H and O–H groups in total. The summed E-state index contributed by atoms with van der Waals surface area (Å²) in [5.74, 6) is 0.0915. The smallest absolute Gasteiger partial charge is 0.332 e. The predicted octanol–water partition coefficient (Wildman–Crippen LogP) is 2.83. The van der Waals surface area contributed by atoms with E-state index in [1.165, 1.54) is 23.3 Å². The fourth-order valence-corrected chi connectivity index (χ4v) is 2.12. The van der Waals surface area contributed by atoms with Crippen LogP contribution in [-0.2, 0) is 9.63 Å². The van der Waals surface area contributed by atoms with Gasteiger partial charge in [0.1, 0.15) is 17.0 Å². The van der Waals surface area contributed by atoms with Gasteiger partial charge in [-0.2, -0.15) is 5.06 Å². The van der Waals surface area contributed by atoms with Crippen LogP contribution in [0.5, 0.6) is 5.75 Å². The van der Waals surface area contributed by atoms with E-state index in [-0.39, 0.29) is 11.7 Å². The van der Waals surface area contributed by atoms with Crippen molar-refractivity contribution in [3.8, 4) is 5.75 Å². The largest absolute Gasteiger partial charge is 0.484 e. The zero-order chi connectivity index (χ0) is 15.6. The minimum absolute atomic E-state index is 0.0754. The second kappa shape index (κ2) is 5.59. The highest BCUT2D eigenvalue weighted by Crippen LogP contribution is 2.39. The third kappa shape index (κ3) is 3.42. The number of hydroxylamine groups is 1. The lowest BCUT2D eigenvalue weighted by molar-refractivity contribution is -0.384. The molecule has 114 valence electrons. The first kappa shape index (κ1) is 15.1. The lowest BCUT2D eigenvalue weighted by atomic mass is 10.1. The van der Waals surface area contributed by atoms with Crippen molar-refractivity contribution in [2.75, 3.05) is 11.6 Å². The van der Waals surface area contributed by atoms with Crippen molar-refractivity contribution >= 4 is 17.3 Å². The average molecular weight is 294 g/mol. The van der Waals surface area contributed by atoms with E-state index in [4.69, 9.17) is 9.57 Å². The molecular formula is C14H18N2O5. The zero-order valence-electron chi connectivity index (χ0n) is 12.3. The van der Waals surface area contributed by atoms with Crippen molar-refractivity contribution in [1.82, 2.24) is 0 Å². The SMILES string of the molecule is CCCC(=O)ON1CC(C)(C)Oc2ccc([N+](=O)[O-])cc21. The quantitative estimate of drug-likeness (QED) is 0.627. The van der Waals surface area contributed by atoms with Gasteiger partial charge in [-0.1, -0.05) is 6.92 Å². The summed E-state index contributed by atoms with van der Waals surface area (Å²) in [6.45, 7) is 5.90. The summed E-state index contributed by atoms with van der Waals surface area (Å²) in [5.41, 5.74) is -0.239. The minimum atomic E-state index is -0.560. The van der Waals surface area contributed by atoms with Gasteiger partial charge in [0.2, 0.25) is 0 Å². The molecule has 0 aliphatic carbocycles. The number of carbonyl (C=O) groups excluding carboxylic acids is 1. The molecule has 1 aliphatic rings. The molecule has 0 saturated heterocycles. The molecule has 1 aliphatic heterocycles. The molecule has 0 unspecified atom stereocenters. The maximum Gasteiger partial charge on any atom is 0.332 e. The molecule has 0 saturated carbocycles. The number of hydrogen-bond donors (Lipinski definition) is 0. The minimum Gasteiger partial charge on any atom is -0.484 e. The van der Waals surface area contributed by atoms with Crippen molar-refractivity contribution in [1.29, 1.82) is 0 Å². The molecule has 21 heavy (non-hydrogen) atoms. The lowest BCUT2D eigenvalue weighted by Gasteiger charge is -2.38. The number of anilines is 1. The van der Waals surface area contributed by atoms with E-state index in [1.54, 1.807) is 0 Å². The van der Waals surface area contributed by atoms with E-state index in [0.29, 0.717) is 30.8 Å². The van der Waals surface area contributed by atoms with Crippen LogP contribution in [-0.4, -0.2) is 23.0 Å². The number of nitro benzene ring substituents is 1. The fraction of sp³-hybridized carbons (Fsp3) is 0.500. The van der Waals surface area contributed by atoms with Crippen LogP contribution in [0.2, 0.25) is 0 Å². The zero-order valence-corrected chi connectivity index (χ0v) is 12.3. The van der Waals surface area contributed by atoms with Crippen molar-refractivity contribution in [2.45, 2.75) is 39.2 Å². The summed E-state index contributed by atoms with van der Waals surface area (Å²) in [5, 5.41) is 12.3. The summed E-state index contributed by atoms with van der Waals surface area (Å²) in [4.78, 5) is 27.4. The molecule has 0 spiro atoms. The van der Waals surface area contributed by atoms with Gasteiger partial charge in [0.25, 0.3) is 5.69 Å². The maximum atomic E-state index is 11.7. The number of ether oxygens (including phenoxy) is 1. The molecule has 7 nitrogen and oxygen atoms in total. The van der Waals surface area contributed by atoms with Crippen LogP contribution >= 0.6 is 0 Å². The van der Waals surface area contributed by atoms with Crippen LogP contribution < -0.4 is 9.80 Å². The topological polar surface area (TPSA) is 81.9 Å². The Morgan fingerprint density at radius 1 is 1.52 bits per heavy atom. The Balaban J connectivity index is 2.35. The monoisotopic (exact) mass is 294 g/mol. The number of nitrogens with zero attached hydrogens (tertiary/aromatic N) is 2. The van der Waals surface area contributed by atoms with Gasteiger partial charge in [0.05, 0.1) is 11.5 Å². The van der Waals surface area contributed by atoms with E-state index in [2.05, 4.69) is 0 Å². The van der Waals surface area contributed by atoms with E-state index in [1.807, 2.05) is 20.8 Å². The van der Waals surface area contributed by atoms with Gasteiger partial charge in [-0.25, -0.2) is 4.79 Å². The van der Waals surface area contributed by atoms with Gasteiger partial charge in [0.15, 0.2) is 0 Å². The Morgan fingerprint density at radius 2 is 2.24 bits per heavy atom. The van der Waals surface area contributed by atoms with Crippen LogP contribution in [0.25, 0.3) is 0 Å². The molecule has 0 fully saturated rings. The highest BCUT2D eigenvalue weighted by molar-refractivity contribution is 5.72. The van der Waals surface area contributed by atoms with Crippen molar-refractivity contribution in [2.24, 2.45) is 0 Å². The van der Waals surface area contributed by atoms with Crippen molar-refractivity contribution < 1.29 is 19.3 Å². The molecule has 0 bridgehead atoms. The fourth-order valence-electron chi connectivity index (χ4n) is 2.12. The van der Waals surface area contributed by atoms with Crippen molar-refractivity contribution in [3.63, 3.8) is 0 Å². The summed E-state index contributed by atoms with van der Waals surface area (Å²) in [6.07, 6.45) is 0.969. The first-order valence-corrected chi connectivity index (χ1v) is 6.78. The highest BCUT2D eigenvalue weighted by atomic mass is 16.7. The van der Waals surface area contributed by atoms with Crippen LogP contribution in [0, 0.1) is 10.1 Å². The van der Waals surface area contributed by atoms with Gasteiger partial charge < -0.3 is 9.57 Å². The Labute approximate surface area is 122 Å². The van der Waals surface area contributed by atoms with Gasteiger partial charge in [-0.05, 0) is 26.3 Å². The lowest BCUT2D eigenvalue weighted by Crippen LogP contribution is -2.47. The number of rotatable bonds is 4. The molecule has 1 aromatic carbocycles. The van der Waals surface area contributed by atoms with Crippen LogP contribution in [0.1, 0.15) is 33.6 Å². The number of carbonyl (C=O) groups is 1. The first-order chi connectivity index (χ1) is 9.82. The van der Waals surface area contributed by atoms with E-state index in [9.17, 15) is 14.9 Å². The van der Waals surface area contributed by atoms with Gasteiger partial charge in [0, 0.05) is 18.6 Å². The van der Waals surface area contributed by atoms with Gasteiger partial charge in [-0.3, -0.25) is 10.1 Å².